The minimum atomic E-state index is -0.339. The maximum absolute atomic E-state index is 12.7. The van der Waals surface area contributed by atoms with Crippen LogP contribution >= 0.6 is 0 Å². The highest BCUT2D eigenvalue weighted by atomic mass is 16.5. The van der Waals surface area contributed by atoms with Crippen LogP contribution in [-0.4, -0.2) is 11.6 Å². The molecule has 0 aliphatic carbocycles. The monoisotopic (exact) mass is 308 g/mol. The summed E-state index contributed by atoms with van der Waals surface area (Å²) in [6, 6.07) is 9.85. The zero-order valence-electron chi connectivity index (χ0n) is 13.9. The van der Waals surface area contributed by atoms with Crippen molar-refractivity contribution in [2.45, 2.75) is 40.2 Å². The Labute approximate surface area is 136 Å². The molecule has 0 radical (unpaired) electrons. The zero-order chi connectivity index (χ0) is 16.7. The average Bonchev–Trinajstić information content (AvgIpc) is 2.45. The van der Waals surface area contributed by atoms with Crippen molar-refractivity contribution in [1.29, 1.82) is 0 Å². The van der Waals surface area contributed by atoms with Gasteiger partial charge in [0.1, 0.15) is 11.9 Å². The van der Waals surface area contributed by atoms with Gasteiger partial charge in [0.2, 0.25) is 0 Å². The number of carbonyl (C=O) groups is 2. The van der Waals surface area contributed by atoms with E-state index in [2.05, 4.69) is 0 Å². The van der Waals surface area contributed by atoms with E-state index >= 15 is 0 Å². The van der Waals surface area contributed by atoms with Crippen LogP contribution in [0, 0.1) is 20.8 Å². The number of rotatable bonds is 2. The van der Waals surface area contributed by atoms with Crippen LogP contribution in [0.1, 0.15) is 62.4 Å². The Hall–Kier alpha value is -2.42. The van der Waals surface area contributed by atoms with Gasteiger partial charge in [-0.15, -0.1) is 0 Å². The van der Waals surface area contributed by atoms with Crippen LogP contribution in [-0.2, 0) is 0 Å². The molecule has 1 aliphatic rings. The van der Waals surface area contributed by atoms with Gasteiger partial charge in [-0.25, -0.2) is 0 Å². The molecule has 118 valence electrons. The molecular formula is C20H20O3. The van der Waals surface area contributed by atoms with Crippen LogP contribution in [0.25, 0.3) is 0 Å². The molecule has 0 amide bonds. The first kappa shape index (κ1) is 15.5. The second kappa shape index (κ2) is 5.65. The lowest BCUT2D eigenvalue weighted by Crippen LogP contribution is -2.23. The number of hydrogen-bond acceptors (Lipinski definition) is 3. The van der Waals surface area contributed by atoms with Gasteiger partial charge in [0.15, 0.2) is 11.6 Å². The molecule has 3 rings (SSSR count). The van der Waals surface area contributed by atoms with Crippen molar-refractivity contribution in [3.63, 3.8) is 0 Å². The summed E-state index contributed by atoms with van der Waals surface area (Å²) >= 11 is 0. The fourth-order valence-corrected chi connectivity index (χ4v) is 3.36. The van der Waals surface area contributed by atoms with E-state index in [1.54, 1.807) is 0 Å². The molecule has 2 aromatic rings. The summed E-state index contributed by atoms with van der Waals surface area (Å²) in [7, 11) is 0. The number of aryl methyl sites for hydroxylation is 3. The van der Waals surface area contributed by atoms with Gasteiger partial charge in [-0.2, -0.15) is 0 Å². The van der Waals surface area contributed by atoms with Crippen molar-refractivity contribution in [3.05, 3.63) is 63.7 Å². The van der Waals surface area contributed by atoms with Crippen LogP contribution in [0.15, 0.2) is 30.3 Å². The molecule has 1 heterocycles. The molecule has 23 heavy (non-hydrogen) atoms. The van der Waals surface area contributed by atoms with E-state index in [0.717, 1.165) is 22.3 Å². The van der Waals surface area contributed by atoms with Crippen molar-refractivity contribution < 1.29 is 14.3 Å². The number of fused-ring (bicyclic) bond motifs is 1. The Morgan fingerprint density at radius 1 is 1.13 bits per heavy atom. The van der Waals surface area contributed by atoms with Gasteiger partial charge in [0, 0.05) is 0 Å². The van der Waals surface area contributed by atoms with E-state index in [1.165, 1.54) is 6.92 Å². The second-order valence-electron chi connectivity index (χ2n) is 6.29. The molecule has 1 aliphatic heterocycles. The normalized spacial score (nSPS) is 16.7. The molecule has 3 nitrogen and oxygen atoms in total. The smallest absolute Gasteiger partial charge is 0.170 e. The lowest BCUT2D eigenvalue weighted by Gasteiger charge is -2.29. The summed E-state index contributed by atoms with van der Waals surface area (Å²) < 4.78 is 6.16. The lowest BCUT2D eigenvalue weighted by molar-refractivity contribution is 0.0843. The van der Waals surface area contributed by atoms with Gasteiger partial charge in [-0.3, -0.25) is 9.59 Å². The largest absolute Gasteiger partial charge is 0.484 e. The minimum Gasteiger partial charge on any atom is -0.484 e. The first-order valence-electron chi connectivity index (χ1n) is 7.80. The Balaban J connectivity index is 2.15. The molecule has 1 atom stereocenters. The van der Waals surface area contributed by atoms with Gasteiger partial charge in [0.25, 0.3) is 0 Å². The Bertz CT molecular complexity index is 798. The summed E-state index contributed by atoms with van der Waals surface area (Å²) in [5.74, 6) is 0.423. The van der Waals surface area contributed by atoms with Gasteiger partial charge in [-0.1, -0.05) is 35.9 Å². The summed E-state index contributed by atoms with van der Waals surface area (Å²) in [5, 5.41) is 0. The molecule has 0 aromatic heterocycles. The number of ketones is 2. The predicted molar refractivity (Wildman–Crippen MR) is 89.4 cm³/mol. The third-order valence-electron chi connectivity index (χ3n) is 4.35. The predicted octanol–water partition coefficient (Wildman–Crippen LogP) is 4.52. The highest BCUT2D eigenvalue weighted by Crippen LogP contribution is 2.40. The number of carbonyl (C=O) groups excluding carboxylic acids is 2. The van der Waals surface area contributed by atoms with Crippen LogP contribution in [0.4, 0.5) is 0 Å². The second-order valence-corrected chi connectivity index (χ2v) is 6.29. The maximum Gasteiger partial charge on any atom is 0.170 e. The van der Waals surface area contributed by atoms with E-state index in [-0.39, 0.29) is 17.7 Å². The van der Waals surface area contributed by atoms with E-state index < -0.39 is 0 Å². The Morgan fingerprint density at radius 2 is 1.87 bits per heavy atom. The number of ether oxygens (including phenoxy) is 1. The van der Waals surface area contributed by atoms with Crippen molar-refractivity contribution in [3.8, 4) is 5.75 Å². The van der Waals surface area contributed by atoms with Crippen LogP contribution in [0.5, 0.6) is 5.75 Å². The van der Waals surface area contributed by atoms with E-state index in [0.29, 0.717) is 23.3 Å². The summed E-state index contributed by atoms with van der Waals surface area (Å²) in [4.78, 5) is 24.7. The average molecular weight is 308 g/mol. The first-order valence-corrected chi connectivity index (χ1v) is 7.80. The quantitative estimate of drug-likeness (QED) is 0.766. The standard InChI is InChI=1S/C20H20O3/c1-11-6-5-7-15(8-11)17-10-16(22)19-13(3)9-12(2)18(14(4)21)20(19)23-17/h5-9,17H,10H2,1-4H3. The minimum absolute atomic E-state index is 0.0396. The molecule has 0 bridgehead atoms. The first-order chi connectivity index (χ1) is 10.9. The molecular weight excluding hydrogens is 288 g/mol. The third kappa shape index (κ3) is 2.67. The molecule has 0 saturated heterocycles. The van der Waals surface area contributed by atoms with E-state index in [4.69, 9.17) is 4.74 Å². The van der Waals surface area contributed by atoms with Gasteiger partial charge >= 0.3 is 0 Å². The summed E-state index contributed by atoms with van der Waals surface area (Å²) in [6.07, 6.45) is -0.0354. The SMILES string of the molecule is CC(=O)c1c(C)cc(C)c2c1OC(c1cccc(C)c1)CC2=O. The van der Waals surface area contributed by atoms with E-state index in [9.17, 15) is 9.59 Å². The Morgan fingerprint density at radius 3 is 2.52 bits per heavy atom. The van der Waals surface area contributed by atoms with Crippen molar-refractivity contribution in [2.75, 3.05) is 0 Å². The Kier molecular flexibility index (Phi) is 3.80. The number of benzene rings is 2. The third-order valence-corrected chi connectivity index (χ3v) is 4.35. The van der Waals surface area contributed by atoms with Crippen LogP contribution in [0.3, 0.4) is 0 Å². The van der Waals surface area contributed by atoms with Gasteiger partial charge in [0.05, 0.1) is 17.5 Å². The molecule has 0 N–H and O–H groups in total. The fourth-order valence-electron chi connectivity index (χ4n) is 3.36. The summed E-state index contributed by atoms with van der Waals surface area (Å²) in [5.41, 5.74) is 4.90. The highest BCUT2D eigenvalue weighted by Gasteiger charge is 2.32. The van der Waals surface area contributed by atoms with Crippen LogP contribution in [0.2, 0.25) is 0 Å². The topological polar surface area (TPSA) is 43.4 Å². The molecule has 3 heteroatoms. The molecule has 0 fully saturated rings. The van der Waals surface area contributed by atoms with Gasteiger partial charge in [-0.05, 0) is 44.4 Å². The molecule has 2 aromatic carbocycles. The highest BCUT2D eigenvalue weighted by molar-refractivity contribution is 6.07. The lowest BCUT2D eigenvalue weighted by atomic mass is 9.88. The number of Topliss-reactive ketones (excluding diaryl/α,β-unsaturated/α-hetero) is 2. The molecule has 0 spiro atoms. The van der Waals surface area contributed by atoms with E-state index in [1.807, 2.05) is 51.1 Å². The molecule has 0 saturated carbocycles. The zero-order valence-corrected chi connectivity index (χ0v) is 13.9. The molecule has 1 unspecified atom stereocenters. The summed E-state index contributed by atoms with van der Waals surface area (Å²) in [6.45, 7) is 7.30. The van der Waals surface area contributed by atoms with Crippen LogP contribution < -0.4 is 4.74 Å². The van der Waals surface area contributed by atoms with Crippen molar-refractivity contribution in [2.24, 2.45) is 0 Å². The fraction of sp³-hybridized carbons (Fsp3) is 0.300. The van der Waals surface area contributed by atoms with Gasteiger partial charge < -0.3 is 4.74 Å². The number of hydrogen-bond donors (Lipinski definition) is 0. The van der Waals surface area contributed by atoms with Crippen molar-refractivity contribution in [1.82, 2.24) is 0 Å². The van der Waals surface area contributed by atoms with Crippen molar-refractivity contribution >= 4 is 11.6 Å². The maximum atomic E-state index is 12.7.